The van der Waals surface area contributed by atoms with Gasteiger partial charge in [0.05, 0.1) is 39.0 Å². The molecule has 60 heavy (non-hydrogen) atoms. The highest BCUT2D eigenvalue weighted by Crippen LogP contribution is 2.63. The van der Waals surface area contributed by atoms with Crippen LogP contribution in [0.4, 0.5) is 0 Å². The molecule has 0 radical (unpaired) electrons. The Hall–Kier alpha value is -7.40. The molecule has 1 aliphatic heterocycles. The molecule has 0 fully saturated rings. The Morgan fingerprint density at radius 1 is 0.350 bits per heavy atom. The van der Waals surface area contributed by atoms with Gasteiger partial charge >= 0.3 is 0 Å². The molecule has 11 aromatic rings. The zero-order valence-electron chi connectivity index (χ0n) is 32.3. The number of fused-ring (bicyclic) bond motifs is 15. The lowest BCUT2D eigenvalue weighted by Crippen LogP contribution is -2.31. The van der Waals surface area contributed by atoms with Crippen molar-refractivity contribution in [2.24, 2.45) is 0 Å². The summed E-state index contributed by atoms with van der Waals surface area (Å²) >= 11 is 1.88. The molecule has 1 aliphatic carbocycles. The first-order valence-corrected chi connectivity index (χ1v) is 21.2. The van der Waals surface area contributed by atoms with Crippen molar-refractivity contribution in [3.63, 3.8) is 0 Å². The Kier molecular flexibility index (Phi) is 7.16. The molecule has 0 atom stereocenters. The highest BCUT2D eigenvalue weighted by molar-refractivity contribution is 7.99. The molecular formula is C56H33N3S. The number of aromatic nitrogens is 3. The van der Waals surface area contributed by atoms with Crippen LogP contribution in [0.2, 0.25) is 0 Å². The van der Waals surface area contributed by atoms with Crippen molar-refractivity contribution < 1.29 is 0 Å². The Morgan fingerprint density at radius 3 is 1.60 bits per heavy atom. The van der Waals surface area contributed by atoms with Crippen LogP contribution < -0.4 is 0 Å². The van der Waals surface area contributed by atoms with E-state index in [4.69, 9.17) is 15.0 Å². The lowest BCUT2D eigenvalue weighted by molar-refractivity contribution is 0.723. The van der Waals surface area contributed by atoms with Gasteiger partial charge in [-0.25, -0.2) is 15.0 Å². The summed E-state index contributed by atoms with van der Waals surface area (Å²) in [5, 5.41) is 5.59. The fraction of sp³-hybridized carbons (Fsp3) is 0.0179. The molecule has 0 bridgehead atoms. The van der Waals surface area contributed by atoms with Crippen molar-refractivity contribution in [2.45, 2.75) is 15.2 Å². The molecule has 278 valence electrons. The summed E-state index contributed by atoms with van der Waals surface area (Å²) in [6.45, 7) is 0. The third kappa shape index (κ3) is 4.77. The van der Waals surface area contributed by atoms with Gasteiger partial charge in [-0.3, -0.25) is 0 Å². The standard InChI is InChI=1S/C56H33N3S/c1-3-13-34(14-4-1)48-29-26-36-23-24-37-27-30-49(58-55(37)54(36)57-48)38-25-28-40-41-33-47-42(32-43(41)53(59-50(40)31-38)35-15-5-2-6-16-35)39-17-7-8-18-44(39)56(47)45-19-9-11-21-51(45)60-52-22-12-10-20-46(52)56/h1-33H. The minimum absolute atomic E-state index is 0.465. The minimum atomic E-state index is -0.465. The number of rotatable bonds is 3. The maximum atomic E-state index is 5.53. The average Bonchev–Trinajstić information content (AvgIpc) is 3.60. The number of benzene rings is 8. The van der Waals surface area contributed by atoms with Gasteiger partial charge in [0.15, 0.2) is 0 Å². The van der Waals surface area contributed by atoms with Gasteiger partial charge in [0, 0.05) is 48.0 Å². The van der Waals surface area contributed by atoms with Crippen molar-refractivity contribution in [3.05, 3.63) is 222 Å². The SMILES string of the molecule is c1ccc(-c2ccc3ccc4ccc(-c5ccc6c(c5)nc(-c5ccccc5)c5cc7c(cc56)C5(c6ccccc6Sc6ccccc65)c5ccccc5-7)nc4c3n2)cc1. The van der Waals surface area contributed by atoms with E-state index in [0.717, 1.165) is 71.9 Å². The van der Waals surface area contributed by atoms with Crippen LogP contribution in [0, 0.1) is 0 Å². The van der Waals surface area contributed by atoms with E-state index < -0.39 is 5.41 Å². The van der Waals surface area contributed by atoms with Crippen molar-refractivity contribution in [2.75, 3.05) is 0 Å². The summed E-state index contributed by atoms with van der Waals surface area (Å²) in [6, 6.07) is 72.5. The molecule has 1 spiro atoms. The first kappa shape index (κ1) is 33.6. The molecule has 4 heterocycles. The van der Waals surface area contributed by atoms with E-state index in [1.54, 1.807) is 0 Å². The second-order valence-corrected chi connectivity index (χ2v) is 16.9. The molecule has 8 aromatic carbocycles. The molecular weight excluding hydrogens is 747 g/mol. The molecule has 3 aromatic heterocycles. The van der Waals surface area contributed by atoms with Gasteiger partial charge in [-0.2, -0.15) is 0 Å². The summed E-state index contributed by atoms with van der Waals surface area (Å²) in [5.74, 6) is 0. The van der Waals surface area contributed by atoms with E-state index in [-0.39, 0.29) is 0 Å². The summed E-state index contributed by atoms with van der Waals surface area (Å²) in [5.41, 5.74) is 16.1. The van der Waals surface area contributed by atoms with E-state index in [1.165, 1.54) is 48.6 Å². The van der Waals surface area contributed by atoms with Gasteiger partial charge in [-0.15, -0.1) is 0 Å². The van der Waals surface area contributed by atoms with Gasteiger partial charge in [-0.1, -0.05) is 169 Å². The molecule has 4 heteroatoms. The van der Waals surface area contributed by atoms with Crippen LogP contribution in [0.3, 0.4) is 0 Å². The van der Waals surface area contributed by atoms with E-state index in [2.05, 4.69) is 194 Å². The largest absolute Gasteiger partial charge is 0.247 e. The third-order valence-corrected chi connectivity index (χ3v) is 13.8. The molecule has 3 nitrogen and oxygen atoms in total. The number of nitrogens with zero attached hydrogens (tertiary/aromatic N) is 3. The van der Waals surface area contributed by atoms with E-state index in [0.29, 0.717) is 0 Å². The van der Waals surface area contributed by atoms with E-state index in [1.807, 2.05) is 17.8 Å². The highest BCUT2D eigenvalue weighted by Gasteiger charge is 2.50. The highest BCUT2D eigenvalue weighted by atomic mass is 32.2. The lowest BCUT2D eigenvalue weighted by Gasteiger charge is -2.39. The third-order valence-electron chi connectivity index (χ3n) is 12.7. The van der Waals surface area contributed by atoms with Gasteiger partial charge in [0.25, 0.3) is 0 Å². The summed E-state index contributed by atoms with van der Waals surface area (Å²) < 4.78 is 0. The Bertz CT molecular complexity index is 3530. The van der Waals surface area contributed by atoms with E-state index in [9.17, 15) is 0 Å². The molecule has 2 aliphatic rings. The molecule has 0 amide bonds. The average molecular weight is 780 g/mol. The van der Waals surface area contributed by atoms with Gasteiger partial charge < -0.3 is 0 Å². The summed E-state index contributed by atoms with van der Waals surface area (Å²) in [6.07, 6.45) is 0. The van der Waals surface area contributed by atoms with Crippen LogP contribution in [0.5, 0.6) is 0 Å². The molecule has 0 saturated heterocycles. The predicted molar refractivity (Wildman–Crippen MR) is 248 cm³/mol. The normalized spacial score (nSPS) is 13.4. The van der Waals surface area contributed by atoms with Crippen molar-refractivity contribution in [1.82, 2.24) is 15.0 Å². The van der Waals surface area contributed by atoms with Crippen LogP contribution in [-0.4, -0.2) is 15.0 Å². The van der Waals surface area contributed by atoms with Crippen molar-refractivity contribution >= 4 is 55.2 Å². The summed E-state index contributed by atoms with van der Waals surface area (Å²) in [7, 11) is 0. The maximum absolute atomic E-state index is 5.53. The van der Waals surface area contributed by atoms with Gasteiger partial charge in [0.2, 0.25) is 0 Å². The second kappa shape index (κ2) is 12.8. The Balaban J connectivity index is 1.07. The van der Waals surface area contributed by atoms with Crippen LogP contribution >= 0.6 is 11.8 Å². The van der Waals surface area contributed by atoms with Crippen LogP contribution in [0.1, 0.15) is 22.3 Å². The zero-order chi connectivity index (χ0) is 39.4. The topological polar surface area (TPSA) is 38.7 Å². The van der Waals surface area contributed by atoms with Gasteiger partial charge in [-0.05, 0) is 81.2 Å². The number of pyridine rings is 3. The lowest BCUT2D eigenvalue weighted by atomic mass is 9.67. The summed E-state index contributed by atoms with van der Waals surface area (Å²) in [4.78, 5) is 18.6. The smallest absolute Gasteiger partial charge is 0.0972 e. The van der Waals surface area contributed by atoms with E-state index >= 15 is 0 Å². The Morgan fingerprint density at radius 2 is 0.917 bits per heavy atom. The fourth-order valence-corrected chi connectivity index (χ4v) is 11.2. The Labute approximate surface area is 351 Å². The maximum Gasteiger partial charge on any atom is 0.0972 e. The minimum Gasteiger partial charge on any atom is -0.247 e. The number of hydrogen-bond acceptors (Lipinski definition) is 4. The molecule has 0 saturated carbocycles. The predicted octanol–water partition coefficient (Wildman–Crippen LogP) is 14.3. The van der Waals surface area contributed by atoms with Crippen molar-refractivity contribution in [3.8, 4) is 44.9 Å². The zero-order valence-corrected chi connectivity index (χ0v) is 33.1. The monoisotopic (exact) mass is 779 g/mol. The first-order valence-electron chi connectivity index (χ1n) is 20.4. The number of hydrogen-bond donors (Lipinski definition) is 0. The van der Waals surface area contributed by atoms with Crippen LogP contribution in [0.15, 0.2) is 210 Å². The second-order valence-electron chi connectivity index (χ2n) is 15.9. The quantitative estimate of drug-likeness (QED) is 0.167. The molecule has 0 N–H and O–H groups in total. The molecule has 0 unspecified atom stereocenters. The van der Waals surface area contributed by atoms with Crippen LogP contribution in [-0.2, 0) is 5.41 Å². The van der Waals surface area contributed by atoms with Crippen molar-refractivity contribution in [1.29, 1.82) is 0 Å². The first-order chi connectivity index (χ1) is 29.7. The van der Waals surface area contributed by atoms with Gasteiger partial charge in [0.1, 0.15) is 0 Å². The fourth-order valence-electron chi connectivity index (χ4n) is 10.0. The molecule has 13 rings (SSSR count). The van der Waals surface area contributed by atoms with Crippen LogP contribution in [0.25, 0.3) is 88.4 Å².